The first-order valence-corrected chi connectivity index (χ1v) is 15.2. The lowest BCUT2D eigenvalue weighted by molar-refractivity contribution is 0.0734. The van der Waals surface area contributed by atoms with Gasteiger partial charge in [0.2, 0.25) is 0 Å². The Morgan fingerprint density at radius 2 is 1.35 bits per heavy atom. The van der Waals surface area contributed by atoms with Crippen LogP contribution in [-0.2, 0) is 6.42 Å². The van der Waals surface area contributed by atoms with Crippen molar-refractivity contribution in [1.82, 2.24) is 9.97 Å². The first kappa shape index (κ1) is 31.3. The Balaban J connectivity index is 1.42. The van der Waals surface area contributed by atoms with Crippen molar-refractivity contribution in [3.63, 3.8) is 0 Å². The molecule has 0 fully saturated rings. The molecule has 216 valence electrons. The van der Waals surface area contributed by atoms with Gasteiger partial charge in [-0.15, -0.1) is 0 Å². The van der Waals surface area contributed by atoms with E-state index in [0.717, 1.165) is 49.3 Å². The number of rotatable bonds is 19. The third kappa shape index (κ3) is 11.1. The van der Waals surface area contributed by atoms with Gasteiger partial charge in [-0.1, -0.05) is 84.5 Å². The van der Waals surface area contributed by atoms with E-state index in [9.17, 15) is 9.18 Å². The Hall–Kier alpha value is -3.28. The van der Waals surface area contributed by atoms with E-state index >= 15 is 0 Å². The molecule has 6 heteroatoms. The van der Waals surface area contributed by atoms with Gasteiger partial charge in [-0.3, -0.25) is 0 Å². The average molecular weight is 549 g/mol. The van der Waals surface area contributed by atoms with Crippen molar-refractivity contribution in [1.29, 1.82) is 0 Å². The number of halogens is 1. The molecule has 0 aliphatic carbocycles. The van der Waals surface area contributed by atoms with E-state index in [2.05, 4.69) is 23.8 Å². The maximum Gasteiger partial charge on any atom is 0.343 e. The fourth-order valence-corrected chi connectivity index (χ4v) is 4.57. The van der Waals surface area contributed by atoms with Gasteiger partial charge in [0.25, 0.3) is 0 Å². The van der Waals surface area contributed by atoms with E-state index in [1.807, 2.05) is 24.5 Å². The minimum absolute atomic E-state index is 0.132. The lowest BCUT2D eigenvalue weighted by atomic mass is 10.1. The molecular weight excluding hydrogens is 503 g/mol. The van der Waals surface area contributed by atoms with E-state index in [4.69, 9.17) is 9.47 Å². The van der Waals surface area contributed by atoms with Crippen molar-refractivity contribution in [3.05, 3.63) is 71.8 Å². The number of nitrogens with zero attached hydrogens (tertiary/aromatic N) is 2. The second-order valence-electron chi connectivity index (χ2n) is 10.5. The monoisotopic (exact) mass is 548 g/mol. The van der Waals surface area contributed by atoms with Gasteiger partial charge in [-0.25, -0.2) is 19.2 Å². The lowest BCUT2D eigenvalue weighted by Gasteiger charge is -2.09. The van der Waals surface area contributed by atoms with Gasteiger partial charge in [-0.05, 0) is 67.3 Å². The third-order valence-corrected chi connectivity index (χ3v) is 7.02. The second-order valence-corrected chi connectivity index (χ2v) is 10.5. The molecule has 0 amide bonds. The number of esters is 1. The molecule has 3 rings (SSSR count). The molecule has 0 unspecified atom stereocenters. The summed E-state index contributed by atoms with van der Waals surface area (Å²) >= 11 is 0. The Kier molecular flexibility index (Phi) is 14.2. The highest BCUT2D eigenvalue weighted by Gasteiger charge is 2.13. The number of aromatic nitrogens is 2. The number of carbonyl (C=O) groups is 1. The fraction of sp³-hybridized carbons (Fsp3) is 0.500. The van der Waals surface area contributed by atoms with Crippen molar-refractivity contribution in [2.24, 2.45) is 0 Å². The summed E-state index contributed by atoms with van der Waals surface area (Å²) in [6.45, 7) is 4.88. The molecular formula is C34H45FN2O3. The summed E-state index contributed by atoms with van der Waals surface area (Å²) in [6.07, 6.45) is 20.7. The van der Waals surface area contributed by atoms with Gasteiger partial charge in [0.1, 0.15) is 5.75 Å². The molecule has 0 atom stereocenters. The van der Waals surface area contributed by atoms with Crippen LogP contribution in [0.25, 0.3) is 11.4 Å². The van der Waals surface area contributed by atoms with Crippen molar-refractivity contribution in [2.75, 3.05) is 6.61 Å². The average Bonchev–Trinajstić information content (AvgIpc) is 2.97. The molecule has 0 spiro atoms. The van der Waals surface area contributed by atoms with Crippen LogP contribution in [0.4, 0.5) is 4.39 Å². The smallest absolute Gasteiger partial charge is 0.343 e. The van der Waals surface area contributed by atoms with Crippen LogP contribution in [0, 0.1) is 5.82 Å². The summed E-state index contributed by atoms with van der Waals surface area (Å²) < 4.78 is 25.4. The molecule has 0 bridgehead atoms. The van der Waals surface area contributed by atoms with Gasteiger partial charge in [-0.2, -0.15) is 0 Å². The summed E-state index contributed by atoms with van der Waals surface area (Å²) in [7, 11) is 0. The van der Waals surface area contributed by atoms with Crippen LogP contribution in [0.15, 0.2) is 54.9 Å². The lowest BCUT2D eigenvalue weighted by Crippen LogP contribution is -2.09. The summed E-state index contributed by atoms with van der Waals surface area (Å²) in [4.78, 5) is 21.6. The zero-order valence-corrected chi connectivity index (χ0v) is 24.3. The Labute approximate surface area is 239 Å². The van der Waals surface area contributed by atoms with Crippen molar-refractivity contribution in [3.8, 4) is 22.9 Å². The molecule has 0 radical (unpaired) electrons. The molecule has 0 aliphatic heterocycles. The number of aryl methyl sites for hydroxylation is 1. The van der Waals surface area contributed by atoms with Crippen LogP contribution in [0.2, 0.25) is 0 Å². The highest BCUT2D eigenvalue weighted by atomic mass is 19.1. The highest BCUT2D eigenvalue weighted by Crippen LogP contribution is 2.23. The first-order valence-electron chi connectivity index (χ1n) is 15.2. The maximum atomic E-state index is 14.5. The topological polar surface area (TPSA) is 61.3 Å². The zero-order valence-electron chi connectivity index (χ0n) is 24.3. The Morgan fingerprint density at radius 1 is 0.750 bits per heavy atom. The van der Waals surface area contributed by atoms with Crippen LogP contribution in [0.1, 0.15) is 113 Å². The first-order chi connectivity index (χ1) is 19.6. The molecule has 2 aromatic carbocycles. The minimum Gasteiger partial charge on any atom is -0.491 e. The maximum absolute atomic E-state index is 14.5. The van der Waals surface area contributed by atoms with E-state index in [-0.39, 0.29) is 11.3 Å². The minimum atomic E-state index is -0.626. The molecule has 0 aliphatic rings. The van der Waals surface area contributed by atoms with Crippen LogP contribution in [0.3, 0.4) is 0 Å². The summed E-state index contributed by atoms with van der Waals surface area (Å²) in [5.41, 5.74) is 2.11. The van der Waals surface area contributed by atoms with E-state index in [1.54, 1.807) is 12.1 Å². The van der Waals surface area contributed by atoms with Gasteiger partial charge >= 0.3 is 5.97 Å². The highest BCUT2D eigenvalue weighted by molar-refractivity contribution is 5.91. The van der Waals surface area contributed by atoms with Crippen LogP contribution >= 0.6 is 0 Å². The Morgan fingerprint density at radius 3 is 1.98 bits per heavy atom. The number of benzene rings is 2. The molecule has 0 saturated carbocycles. The Bertz CT molecular complexity index is 1130. The number of hydrogen-bond acceptors (Lipinski definition) is 5. The molecule has 1 aromatic heterocycles. The number of hydrogen-bond donors (Lipinski definition) is 0. The summed E-state index contributed by atoms with van der Waals surface area (Å²) in [6, 6.07) is 11.2. The zero-order chi connectivity index (χ0) is 28.4. The fourth-order valence-electron chi connectivity index (χ4n) is 4.57. The van der Waals surface area contributed by atoms with Crippen molar-refractivity contribution < 1.29 is 18.7 Å². The van der Waals surface area contributed by atoms with Gasteiger partial charge in [0, 0.05) is 18.0 Å². The number of ether oxygens (including phenoxy) is 2. The summed E-state index contributed by atoms with van der Waals surface area (Å²) in [5, 5.41) is 0. The van der Waals surface area contributed by atoms with Gasteiger partial charge in [0.15, 0.2) is 17.4 Å². The largest absolute Gasteiger partial charge is 0.491 e. The molecule has 1 heterocycles. The predicted octanol–water partition coefficient (Wildman–Crippen LogP) is 9.53. The van der Waals surface area contributed by atoms with E-state index in [0.29, 0.717) is 18.2 Å². The van der Waals surface area contributed by atoms with Crippen molar-refractivity contribution in [2.45, 2.75) is 104 Å². The molecule has 5 nitrogen and oxygen atoms in total. The van der Waals surface area contributed by atoms with Gasteiger partial charge < -0.3 is 9.47 Å². The normalized spacial score (nSPS) is 11.0. The van der Waals surface area contributed by atoms with Crippen LogP contribution in [-0.4, -0.2) is 22.5 Å². The quantitative estimate of drug-likeness (QED) is 0.0848. The molecule has 0 saturated heterocycles. The summed E-state index contributed by atoms with van der Waals surface area (Å²) in [5.74, 6) is -0.0469. The van der Waals surface area contributed by atoms with Crippen LogP contribution in [0.5, 0.6) is 11.5 Å². The van der Waals surface area contributed by atoms with Gasteiger partial charge in [0.05, 0.1) is 12.2 Å². The molecule has 40 heavy (non-hydrogen) atoms. The number of carbonyl (C=O) groups excluding carboxylic acids is 1. The third-order valence-electron chi connectivity index (χ3n) is 7.02. The van der Waals surface area contributed by atoms with E-state index < -0.39 is 11.8 Å². The predicted molar refractivity (Wildman–Crippen MR) is 159 cm³/mol. The molecule has 3 aromatic rings. The van der Waals surface area contributed by atoms with Crippen molar-refractivity contribution >= 4 is 5.97 Å². The standard InChI is InChI=1S/C34H45FN2O3/c1-3-5-7-9-10-11-12-14-16-27-25-36-33(37-26-27)28-17-20-30(21-18-28)40-34(38)29-19-22-32(31(35)24-29)39-23-15-13-8-6-4-2/h17-22,24-26H,3-16,23H2,1-2H3. The second kappa shape index (κ2) is 18.1. The molecule has 0 N–H and O–H groups in total. The van der Waals surface area contributed by atoms with E-state index in [1.165, 1.54) is 69.9 Å². The number of unbranched alkanes of at least 4 members (excludes halogenated alkanes) is 11. The van der Waals surface area contributed by atoms with Crippen LogP contribution < -0.4 is 9.47 Å². The SMILES string of the molecule is CCCCCCCCCCc1cnc(-c2ccc(OC(=O)c3ccc(OCCCCCCC)c(F)c3)cc2)nc1.